The van der Waals surface area contributed by atoms with E-state index in [9.17, 15) is 0 Å². The molecule has 1 heterocycles. The van der Waals surface area contributed by atoms with Crippen molar-refractivity contribution in [1.82, 2.24) is 0 Å². The summed E-state index contributed by atoms with van der Waals surface area (Å²) in [6.45, 7) is 6.67. The molecule has 1 aromatic rings. The van der Waals surface area contributed by atoms with Crippen molar-refractivity contribution in [2.75, 3.05) is 23.7 Å². The van der Waals surface area contributed by atoms with Crippen molar-refractivity contribution < 1.29 is 0 Å². The van der Waals surface area contributed by atoms with Crippen molar-refractivity contribution in [1.29, 1.82) is 5.26 Å². The maximum Gasteiger partial charge on any atom is 0.101 e. The fourth-order valence-electron chi connectivity index (χ4n) is 2.18. The van der Waals surface area contributed by atoms with Crippen LogP contribution < -0.4 is 10.6 Å². The SMILES string of the molecule is CC1CN(c2ccc(N)c(C#N)c2)CC1C. The number of nitriles is 1. The molecule has 1 fully saturated rings. The summed E-state index contributed by atoms with van der Waals surface area (Å²) < 4.78 is 0. The molecular formula is C13H17N3. The molecule has 0 saturated carbocycles. The highest BCUT2D eigenvalue weighted by molar-refractivity contribution is 5.63. The lowest BCUT2D eigenvalue weighted by Crippen LogP contribution is -2.19. The van der Waals surface area contributed by atoms with Crippen molar-refractivity contribution in [2.24, 2.45) is 11.8 Å². The fraction of sp³-hybridized carbons (Fsp3) is 0.462. The zero-order valence-electron chi connectivity index (χ0n) is 9.77. The first kappa shape index (κ1) is 10.8. The van der Waals surface area contributed by atoms with E-state index in [1.54, 1.807) is 0 Å². The summed E-state index contributed by atoms with van der Waals surface area (Å²) in [6, 6.07) is 7.84. The van der Waals surface area contributed by atoms with Gasteiger partial charge in [-0.15, -0.1) is 0 Å². The molecule has 2 unspecified atom stereocenters. The van der Waals surface area contributed by atoms with Crippen molar-refractivity contribution in [2.45, 2.75) is 13.8 Å². The molecule has 2 atom stereocenters. The molecule has 1 aliphatic heterocycles. The van der Waals surface area contributed by atoms with Gasteiger partial charge in [0, 0.05) is 24.5 Å². The van der Waals surface area contributed by atoms with Crippen LogP contribution in [-0.2, 0) is 0 Å². The van der Waals surface area contributed by atoms with Gasteiger partial charge in [-0.1, -0.05) is 13.8 Å². The van der Waals surface area contributed by atoms with Gasteiger partial charge in [0.2, 0.25) is 0 Å². The number of nitrogen functional groups attached to an aromatic ring is 1. The molecule has 3 heteroatoms. The van der Waals surface area contributed by atoms with E-state index in [0.29, 0.717) is 23.1 Å². The van der Waals surface area contributed by atoms with Gasteiger partial charge >= 0.3 is 0 Å². The first-order chi connectivity index (χ1) is 7.61. The number of hydrogen-bond donors (Lipinski definition) is 1. The van der Waals surface area contributed by atoms with Crippen LogP contribution in [0.5, 0.6) is 0 Å². The molecule has 1 aromatic carbocycles. The maximum atomic E-state index is 8.94. The third-order valence-electron chi connectivity index (χ3n) is 3.51. The van der Waals surface area contributed by atoms with E-state index in [1.165, 1.54) is 0 Å². The van der Waals surface area contributed by atoms with Crippen LogP contribution in [0.25, 0.3) is 0 Å². The highest BCUT2D eigenvalue weighted by Crippen LogP contribution is 2.29. The molecule has 16 heavy (non-hydrogen) atoms. The molecule has 84 valence electrons. The van der Waals surface area contributed by atoms with Gasteiger partial charge in [0.15, 0.2) is 0 Å². The van der Waals surface area contributed by atoms with Crippen LogP contribution in [0.2, 0.25) is 0 Å². The number of hydrogen-bond acceptors (Lipinski definition) is 3. The summed E-state index contributed by atoms with van der Waals surface area (Å²) in [5.41, 5.74) is 7.96. The zero-order valence-corrected chi connectivity index (χ0v) is 9.77. The molecule has 0 amide bonds. The van der Waals surface area contributed by atoms with E-state index in [-0.39, 0.29) is 0 Å². The van der Waals surface area contributed by atoms with Crippen LogP contribution >= 0.6 is 0 Å². The Morgan fingerprint density at radius 3 is 2.50 bits per heavy atom. The van der Waals surface area contributed by atoms with E-state index in [4.69, 9.17) is 11.0 Å². The van der Waals surface area contributed by atoms with Crippen molar-refractivity contribution in [3.63, 3.8) is 0 Å². The van der Waals surface area contributed by atoms with Crippen LogP contribution in [0.4, 0.5) is 11.4 Å². The molecule has 2 N–H and O–H groups in total. The number of nitrogens with two attached hydrogens (primary N) is 1. The van der Waals surface area contributed by atoms with Crippen LogP contribution in [-0.4, -0.2) is 13.1 Å². The maximum absolute atomic E-state index is 8.94. The molecule has 0 spiro atoms. The molecule has 0 bridgehead atoms. The Balaban J connectivity index is 2.26. The minimum atomic E-state index is 0.562. The number of nitrogens with zero attached hydrogens (tertiary/aromatic N) is 2. The summed E-state index contributed by atoms with van der Waals surface area (Å²) in [5, 5.41) is 8.94. The Morgan fingerprint density at radius 2 is 1.94 bits per heavy atom. The third kappa shape index (κ3) is 1.83. The van der Waals surface area contributed by atoms with Gasteiger partial charge < -0.3 is 10.6 Å². The summed E-state index contributed by atoms with van der Waals surface area (Å²) in [6.07, 6.45) is 0. The first-order valence-electron chi connectivity index (χ1n) is 5.66. The van der Waals surface area contributed by atoms with Gasteiger partial charge in [0.25, 0.3) is 0 Å². The lowest BCUT2D eigenvalue weighted by molar-refractivity contribution is 0.494. The van der Waals surface area contributed by atoms with Gasteiger partial charge in [-0.25, -0.2) is 0 Å². The van der Waals surface area contributed by atoms with Crippen LogP contribution in [0.1, 0.15) is 19.4 Å². The van der Waals surface area contributed by atoms with Gasteiger partial charge in [-0.3, -0.25) is 0 Å². The predicted octanol–water partition coefficient (Wildman–Crippen LogP) is 2.23. The molecule has 0 radical (unpaired) electrons. The molecule has 1 saturated heterocycles. The third-order valence-corrected chi connectivity index (χ3v) is 3.51. The summed E-state index contributed by atoms with van der Waals surface area (Å²) >= 11 is 0. The second-order valence-electron chi connectivity index (χ2n) is 4.74. The Hall–Kier alpha value is -1.69. The second kappa shape index (κ2) is 4.05. The highest BCUT2D eigenvalue weighted by atomic mass is 15.2. The van der Waals surface area contributed by atoms with E-state index < -0.39 is 0 Å². The van der Waals surface area contributed by atoms with E-state index >= 15 is 0 Å². The molecule has 0 aliphatic carbocycles. The number of rotatable bonds is 1. The topological polar surface area (TPSA) is 53.0 Å². The van der Waals surface area contributed by atoms with Gasteiger partial charge in [0.05, 0.1) is 5.56 Å². The Morgan fingerprint density at radius 1 is 1.31 bits per heavy atom. The fourth-order valence-corrected chi connectivity index (χ4v) is 2.18. The van der Waals surface area contributed by atoms with Crippen molar-refractivity contribution in [3.8, 4) is 6.07 Å². The monoisotopic (exact) mass is 215 g/mol. The minimum Gasteiger partial charge on any atom is -0.398 e. The smallest absolute Gasteiger partial charge is 0.101 e. The summed E-state index contributed by atoms with van der Waals surface area (Å²) in [5.74, 6) is 1.42. The predicted molar refractivity (Wildman–Crippen MR) is 66.1 cm³/mol. The lowest BCUT2D eigenvalue weighted by Gasteiger charge is -2.18. The van der Waals surface area contributed by atoms with E-state index in [0.717, 1.165) is 18.8 Å². The van der Waals surface area contributed by atoms with E-state index in [2.05, 4.69) is 24.8 Å². The lowest BCUT2D eigenvalue weighted by atomic mass is 10.0. The standard InChI is InChI=1S/C13H17N3/c1-9-7-16(8-10(9)2)12-3-4-13(15)11(5-12)6-14/h3-5,9-10H,7-8,15H2,1-2H3. The highest BCUT2D eigenvalue weighted by Gasteiger charge is 2.26. The quantitative estimate of drug-likeness (QED) is 0.731. The van der Waals surface area contributed by atoms with Gasteiger partial charge in [0.1, 0.15) is 6.07 Å². The Bertz CT molecular complexity index is 423. The normalized spacial score (nSPS) is 24.4. The Kier molecular flexibility index (Phi) is 2.74. The minimum absolute atomic E-state index is 0.562. The van der Waals surface area contributed by atoms with Crippen LogP contribution in [0.3, 0.4) is 0 Å². The molecule has 2 rings (SSSR count). The molecule has 0 aromatic heterocycles. The van der Waals surface area contributed by atoms with Crippen LogP contribution in [0, 0.1) is 23.2 Å². The van der Waals surface area contributed by atoms with Crippen molar-refractivity contribution in [3.05, 3.63) is 23.8 Å². The second-order valence-corrected chi connectivity index (χ2v) is 4.74. The summed E-state index contributed by atoms with van der Waals surface area (Å²) in [7, 11) is 0. The average molecular weight is 215 g/mol. The number of benzene rings is 1. The average Bonchev–Trinajstić information content (AvgIpc) is 2.60. The van der Waals surface area contributed by atoms with Gasteiger partial charge in [-0.05, 0) is 30.0 Å². The Labute approximate surface area is 96.5 Å². The van der Waals surface area contributed by atoms with E-state index in [1.807, 2.05) is 18.2 Å². The largest absolute Gasteiger partial charge is 0.398 e. The number of anilines is 2. The zero-order chi connectivity index (χ0) is 11.7. The van der Waals surface area contributed by atoms with Crippen molar-refractivity contribution >= 4 is 11.4 Å². The van der Waals surface area contributed by atoms with Gasteiger partial charge in [-0.2, -0.15) is 5.26 Å². The first-order valence-corrected chi connectivity index (χ1v) is 5.66. The molecule has 1 aliphatic rings. The van der Waals surface area contributed by atoms with Crippen LogP contribution in [0.15, 0.2) is 18.2 Å². The molecule has 3 nitrogen and oxygen atoms in total. The molecular weight excluding hydrogens is 198 g/mol. The summed E-state index contributed by atoms with van der Waals surface area (Å²) in [4.78, 5) is 2.33.